The van der Waals surface area contributed by atoms with Crippen LogP contribution in [-0.4, -0.2) is 63.9 Å². The summed E-state index contributed by atoms with van der Waals surface area (Å²) >= 11 is 0. The number of amides is 2. The number of likely N-dealkylation sites (tertiary alicyclic amines) is 2. The van der Waals surface area contributed by atoms with Gasteiger partial charge in [0.2, 0.25) is 11.8 Å². The number of hydrogen-bond donors (Lipinski definition) is 2. The summed E-state index contributed by atoms with van der Waals surface area (Å²) in [5.41, 5.74) is 6.03. The predicted octanol–water partition coefficient (Wildman–Crippen LogP) is 0.426. The van der Waals surface area contributed by atoms with Crippen LogP contribution < -0.4 is 5.73 Å². The molecule has 0 aliphatic carbocycles. The first kappa shape index (κ1) is 17.7. The van der Waals surface area contributed by atoms with Crippen LogP contribution in [0.2, 0.25) is 0 Å². The molecule has 2 aliphatic rings. The molecule has 23 heavy (non-hydrogen) atoms. The minimum atomic E-state index is -0.969. The maximum Gasteiger partial charge on any atom is 0.326 e. The normalized spacial score (nSPS) is 27.1. The van der Waals surface area contributed by atoms with Gasteiger partial charge in [-0.3, -0.25) is 9.59 Å². The number of carbonyl (C=O) groups is 3. The molecule has 0 spiro atoms. The molecule has 0 aromatic rings. The monoisotopic (exact) mass is 325 g/mol. The molecule has 2 fully saturated rings. The van der Waals surface area contributed by atoms with E-state index in [0.717, 1.165) is 12.8 Å². The molecule has 4 atom stereocenters. The fourth-order valence-electron chi connectivity index (χ4n) is 3.45. The minimum absolute atomic E-state index is 0.0532. The van der Waals surface area contributed by atoms with E-state index in [0.29, 0.717) is 32.4 Å². The lowest BCUT2D eigenvalue weighted by Gasteiger charge is -2.32. The van der Waals surface area contributed by atoms with Gasteiger partial charge in [-0.2, -0.15) is 0 Å². The molecule has 2 rings (SSSR count). The Morgan fingerprint density at radius 1 is 1.13 bits per heavy atom. The molecule has 3 N–H and O–H groups in total. The van der Waals surface area contributed by atoms with Gasteiger partial charge in [0.05, 0.1) is 6.04 Å². The molecule has 7 nitrogen and oxygen atoms in total. The van der Waals surface area contributed by atoms with Gasteiger partial charge < -0.3 is 20.6 Å². The topological polar surface area (TPSA) is 104 Å². The molecule has 0 saturated carbocycles. The molecular weight excluding hydrogens is 298 g/mol. The van der Waals surface area contributed by atoms with Crippen molar-refractivity contribution in [3.05, 3.63) is 0 Å². The lowest BCUT2D eigenvalue weighted by Crippen LogP contribution is -2.55. The molecule has 2 saturated heterocycles. The van der Waals surface area contributed by atoms with Gasteiger partial charge in [0.15, 0.2) is 0 Å². The van der Waals surface area contributed by atoms with Crippen molar-refractivity contribution >= 4 is 17.8 Å². The Morgan fingerprint density at radius 2 is 1.70 bits per heavy atom. The van der Waals surface area contributed by atoms with E-state index in [-0.39, 0.29) is 17.7 Å². The summed E-state index contributed by atoms with van der Waals surface area (Å²) in [7, 11) is 0. The number of carboxylic acids is 1. The zero-order valence-electron chi connectivity index (χ0n) is 13.9. The van der Waals surface area contributed by atoms with Crippen molar-refractivity contribution in [2.45, 2.75) is 64.1 Å². The van der Waals surface area contributed by atoms with Gasteiger partial charge >= 0.3 is 5.97 Å². The van der Waals surface area contributed by atoms with Gasteiger partial charge in [-0.1, -0.05) is 20.3 Å². The van der Waals surface area contributed by atoms with Crippen LogP contribution in [0.4, 0.5) is 0 Å². The number of carboxylic acid groups (broad SMARTS) is 1. The summed E-state index contributed by atoms with van der Waals surface area (Å²) in [5.74, 6) is -1.35. The van der Waals surface area contributed by atoms with Crippen LogP contribution in [0.3, 0.4) is 0 Å². The first-order chi connectivity index (χ1) is 10.9. The zero-order valence-corrected chi connectivity index (χ0v) is 13.9. The lowest BCUT2D eigenvalue weighted by atomic mass is 9.98. The number of aliphatic carboxylic acids is 1. The zero-order chi connectivity index (χ0) is 17.1. The highest BCUT2D eigenvalue weighted by molar-refractivity contribution is 5.92. The molecule has 2 aliphatic heterocycles. The fraction of sp³-hybridized carbons (Fsp3) is 0.812. The molecule has 7 heteroatoms. The Labute approximate surface area is 136 Å². The quantitative estimate of drug-likeness (QED) is 0.762. The molecule has 0 radical (unpaired) electrons. The Morgan fingerprint density at radius 3 is 2.26 bits per heavy atom. The van der Waals surface area contributed by atoms with E-state index >= 15 is 0 Å². The number of rotatable bonds is 5. The molecule has 130 valence electrons. The Bertz CT molecular complexity index is 482. The van der Waals surface area contributed by atoms with E-state index < -0.39 is 24.1 Å². The van der Waals surface area contributed by atoms with Crippen LogP contribution in [0, 0.1) is 5.92 Å². The molecule has 0 bridgehead atoms. The van der Waals surface area contributed by atoms with Crippen molar-refractivity contribution < 1.29 is 19.5 Å². The van der Waals surface area contributed by atoms with E-state index in [1.165, 1.54) is 4.90 Å². The van der Waals surface area contributed by atoms with Gasteiger partial charge in [0.1, 0.15) is 12.1 Å². The van der Waals surface area contributed by atoms with E-state index in [1.807, 2.05) is 13.8 Å². The van der Waals surface area contributed by atoms with Gasteiger partial charge in [0.25, 0.3) is 0 Å². The molecule has 0 aromatic carbocycles. The average Bonchev–Trinajstić information content (AvgIpc) is 3.20. The summed E-state index contributed by atoms with van der Waals surface area (Å²) in [5, 5.41) is 9.25. The summed E-state index contributed by atoms with van der Waals surface area (Å²) in [6.07, 6.45) is 3.30. The summed E-state index contributed by atoms with van der Waals surface area (Å²) in [6.45, 7) is 4.87. The van der Waals surface area contributed by atoms with E-state index in [2.05, 4.69) is 0 Å². The van der Waals surface area contributed by atoms with Crippen molar-refractivity contribution in [3.63, 3.8) is 0 Å². The summed E-state index contributed by atoms with van der Waals surface area (Å²) in [4.78, 5) is 39.7. The Kier molecular flexibility index (Phi) is 5.62. The second-order valence-corrected chi connectivity index (χ2v) is 6.63. The lowest BCUT2D eigenvalue weighted by molar-refractivity contribution is -0.152. The first-order valence-corrected chi connectivity index (χ1v) is 8.47. The standard InChI is InChI=1S/C16H27N3O4/c1-3-10(2)13(17)15(21)18-8-4-6-11(18)14(20)19-9-5-7-12(19)16(22)23/h10-13H,3-9,17H2,1-2H3,(H,22,23)/t10-,11-,12-,13-/m0/s1. The van der Waals surface area contributed by atoms with Crippen LogP contribution in [0.25, 0.3) is 0 Å². The second kappa shape index (κ2) is 7.29. The van der Waals surface area contributed by atoms with E-state index in [4.69, 9.17) is 5.73 Å². The van der Waals surface area contributed by atoms with Crippen LogP contribution in [0.5, 0.6) is 0 Å². The van der Waals surface area contributed by atoms with Gasteiger partial charge in [-0.05, 0) is 31.6 Å². The van der Waals surface area contributed by atoms with Crippen LogP contribution in [0.1, 0.15) is 46.0 Å². The molecule has 2 heterocycles. The largest absolute Gasteiger partial charge is 0.480 e. The summed E-state index contributed by atoms with van der Waals surface area (Å²) < 4.78 is 0. The van der Waals surface area contributed by atoms with Crippen molar-refractivity contribution in [1.29, 1.82) is 0 Å². The van der Waals surface area contributed by atoms with Crippen molar-refractivity contribution in [2.24, 2.45) is 11.7 Å². The van der Waals surface area contributed by atoms with Gasteiger partial charge in [-0.15, -0.1) is 0 Å². The molecular formula is C16H27N3O4. The van der Waals surface area contributed by atoms with Crippen LogP contribution in [0.15, 0.2) is 0 Å². The number of carbonyl (C=O) groups excluding carboxylic acids is 2. The highest BCUT2D eigenvalue weighted by atomic mass is 16.4. The summed E-state index contributed by atoms with van der Waals surface area (Å²) in [6, 6.07) is -1.93. The maximum atomic E-state index is 12.8. The van der Waals surface area contributed by atoms with Gasteiger partial charge in [-0.25, -0.2) is 4.79 Å². The molecule has 0 aromatic heterocycles. The highest BCUT2D eigenvalue weighted by Crippen LogP contribution is 2.26. The van der Waals surface area contributed by atoms with Crippen molar-refractivity contribution in [3.8, 4) is 0 Å². The third-order valence-corrected chi connectivity index (χ3v) is 5.18. The smallest absolute Gasteiger partial charge is 0.326 e. The Balaban J connectivity index is 2.10. The third kappa shape index (κ3) is 3.49. The van der Waals surface area contributed by atoms with E-state index in [1.54, 1.807) is 4.90 Å². The first-order valence-electron chi connectivity index (χ1n) is 8.47. The number of nitrogens with two attached hydrogens (primary N) is 1. The Hall–Kier alpha value is -1.63. The van der Waals surface area contributed by atoms with Crippen LogP contribution in [-0.2, 0) is 14.4 Å². The predicted molar refractivity (Wildman–Crippen MR) is 84.5 cm³/mol. The SMILES string of the molecule is CC[C@H](C)[C@H](N)C(=O)N1CCC[C@H]1C(=O)N1CCC[C@H]1C(=O)O. The van der Waals surface area contributed by atoms with Crippen molar-refractivity contribution in [1.82, 2.24) is 9.80 Å². The fourth-order valence-corrected chi connectivity index (χ4v) is 3.45. The highest BCUT2D eigenvalue weighted by Gasteiger charge is 2.43. The minimum Gasteiger partial charge on any atom is -0.480 e. The van der Waals surface area contributed by atoms with Crippen molar-refractivity contribution in [2.75, 3.05) is 13.1 Å². The molecule has 0 unspecified atom stereocenters. The molecule has 2 amide bonds. The number of nitrogens with zero attached hydrogens (tertiary/aromatic N) is 2. The van der Waals surface area contributed by atoms with Gasteiger partial charge in [0, 0.05) is 13.1 Å². The van der Waals surface area contributed by atoms with E-state index in [9.17, 15) is 19.5 Å². The average molecular weight is 325 g/mol. The number of hydrogen-bond acceptors (Lipinski definition) is 4. The maximum absolute atomic E-state index is 12.8. The van der Waals surface area contributed by atoms with Crippen LogP contribution >= 0.6 is 0 Å². The third-order valence-electron chi connectivity index (χ3n) is 5.18. The second-order valence-electron chi connectivity index (χ2n) is 6.63.